The fourth-order valence-corrected chi connectivity index (χ4v) is 1.48. The lowest BCUT2D eigenvalue weighted by Gasteiger charge is -2.23. The van der Waals surface area contributed by atoms with E-state index in [1.807, 2.05) is 0 Å². The molecule has 0 fully saturated rings. The number of methoxy groups -OCH3 is 1. The molecule has 8 heteroatoms. The molecule has 0 unspecified atom stereocenters. The van der Waals surface area contributed by atoms with Crippen molar-refractivity contribution in [2.24, 2.45) is 0 Å². The number of rotatable bonds is 8. The first-order chi connectivity index (χ1) is 10.1. The number of hydroxylamine groups is 2. The normalized spacial score (nSPS) is 11.0. The van der Waals surface area contributed by atoms with Gasteiger partial charge in [0, 0.05) is 33.8 Å². The molecule has 2 amide bonds. The van der Waals surface area contributed by atoms with Crippen molar-refractivity contribution < 1.29 is 33.5 Å². The molecule has 22 heavy (non-hydrogen) atoms. The first-order valence-corrected chi connectivity index (χ1v) is 6.80. The molecular weight excluding hydrogens is 294 g/mol. The van der Waals surface area contributed by atoms with Gasteiger partial charge in [0.05, 0.1) is 0 Å². The largest absolute Gasteiger partial charge is 0.359 e. The number of ether oxygens (including phenoxy) is 2. The predicted octanol–water partition coefficient (Wildman–Crippen LogP) is 0.978. The number of hydrogen-bond acceptors (Lipinski definition) is 7. The summed E-state index contributed by atoms with van der Waals surface area (Å²) in [6.45, 7) is 5.43. The zero-order chi connectivity index (χ0) is 17.3. The van der Waals surface area contributed by atoms with Crippen molar-refractivity contribution >= 4 is 23.6 Å². The standard InChI is InChI=1S/C14H23NO7/c1-10(16)15(11(2)17)22-13(19)8-6-7-12(18)14(3,4)21-9-20-5/h6-9H2,1-5H3. The van der Waals surface area contributed by atoms with Crippen LogP contribution in [0.4, 0.5) is 0 Å². The van der Waals surface area contributed by atoms with Crippen LogP contribution in [0.3, 0.4) is 0 Å². The van der Waals surface area contributed by atoms with Crippen molar-refractivity contribution in [1.29, 1.82) is 0 Å². The summed E-state index contributed by atoms with van der Waals surface area (Å²) in [6.07, 6.45) is 0.232. The Kier molecular flexibility index (Phi) is 8.51. The molecule has 0 aromatic heterocycles. The molecule has 0 saturated carbocycles. The van der Waals surface area contributed by atoms with Gasteiger partial charge in [-0.05, 0) is 20.3 Å². The van der Waals surface area contributed by atoms with Gasteiger partial charge in [0.25, 0.3) is 11.8 Å². The molecule has 0 radical (unpaired) electrons. The third-order valence-electron chi connectivity index (χ3n) is 2.76. The second-order valence-electron chi connectivity index (χ2n) is 5.13. The van der Waals surface area contributed by atoms with Gasteiger partial charge < -0.3 is 14.3 Å². The maximum absolute atomic E-state index is 11.9. The highest BCUT2D eigenvalue weighted by Crippen LogP contribution is 2.15. The summed E-state index contributed by atoms with van der Waals surface area (Å²) in [7, 11) is 1.45. The molecule has 0 heterocycles. The Morgan fingerprint density at radius 2 is 1.55 bits per heavy atom. The minimum atomic E-state index is -1.01. The van der Waals surface area contributed by atoms with Crippen molar-refractivity contribution in [1.82, 2.24) is 5.06 Å². The Hall–Kier alpha value is -1.80. The average Bonchev–Trinajstić information content (AvgIpc) is 2.41. The van der Waals surface area contributed by atoms with Crippen molar-refractivity contribution in [3.8, 4) is 0 Å². The monoisotopic (exact) mass is 317 g/mol. The molecule has 0 aromatic rings. The van der Waals surface area contributed by atoms with Crippen molar-refractivity contribution in [2.45, 2.75) is 52.6 Å². The Labute approximate surface area is 129 Å². The summed E-state index contributed by atoms with van der Waals surface area (Å²) in [4.78, 5) is 50.3. The van der Waals surface area contributed by atoms with Gasteiger partial charge in [-0.25, -0.2) is 4.79 Å². The molecule has 0 N–H and O–H groups in total. The molecular formula is C14H23NO7. The molecule has 0 aliphatic heterocycles. The second kappa shape index (κ2) is 9.26. The number of hydrogen-bond donors (Lipinski definition) is 0. The van der Waals surface area contributed by atoms with Gasteiger partial charge in [-0.15, -0.1) is 5.06 Å². The molecule has 0 aromatic carbocycles. The number of carbonyl (C=O) groups excluding carboxylic acids is 4. The topological polar surface area (TPSA) is 99.2 Å². The van der Waals surface area contributed by atoms with E-state index in [1.54, 1.807) is 13.8 Å². The average molecular weight is 317 g/mol. The Morgan fingerprint density at radius 1 is 1.00 bits per heavy atom. The minimum absolute atomic E-state index is 0.00698. The maximum Gasteiger partial charge on any atom is 0.333 e. The highest BCUT2D eigenvalue weighted by molar-refractivity contribution is 5.93. The van der Waals surface area contributed by atoms with Gasteiger partial charge in [-0.3, -0.25) is 14.4 Å². The molecule has 0 rings (SSSR count). The fraction of sp³-hybridized carbons (Fsp3) is 0.714. The lowest BCUT2D eigenvalue weighted by molar-refractivity contribution is -0.200. The summed E-state index contributed by atoms with van der Waals surface area (Å²) in [5.74, 6) is -2.32. The maximum atomic E-state index is 11.9. The van der Waals surface area contributed by atoms with Gasteiger partial charge in [0.15, 0.2) is 5.78 Å². The predicted molar refractivity (Wildman–Crippen MR) is 75.2 cm³/mol. The van der Waals surface area contributed by atoms with E-state index < -0.39 is 23.4 Å². The molecule has 0 atom stereocenters. The summed E-state index contributed by atoms with van der Waals surface area (Å²) < 4.78 is 9.98. The van der Waals surface area contributed by atoms with Crippen molar-refractivity contribution in [2.75, 3.05) is 13.9 Å². The van der Waals surface area contributed by atoms with Gasteiger partial charge in [0.2, 0.25) is 0 Å². The van der Waals surface area contributed by atoms with E-state index in [2.05, 4.69) is 4.84 Å². The number of carbonyl (C=O) groups is 4. The second-order valence-corrected chi connectivity index (χ2v) is 5.13. The van der Waals surface area contributed by atoms with Crippen molar-refractivity contribution in [3.63, 3.8) is 0 Å². The zero-order valence-electron chi connectivity index (χ0n) is 13.6. The van der Waals surface area contributed by atoms with Crippen LogP contribution in [-0.2, 0) is 33.5 Å². The van der Waals surface area contributed by atoms with E-state index in [9.17, 15) is 19.2 Å². The molecule has 0 bridgehead atoms. The highest BCUT2D eigenvalue weighted by Gasteiger charge is 2.28. The van der Waals surface area contributed by atoms with Crippen LogP contribution >= 0.6 is 0 Å². The third-order valence-corrected chi connectivity index (χ3v) is 2.76. The molecule has 0 spiro atoms. The molecule has 0 saturated heterocycles. The van der Waals surface area contributed by atoms with Crippen LogP contribution in [0.1, 0.15) is 47.0 Å². The lowest BCUT2D eigenvalue weighted by Crippen LogP contribution is -2.36. The number of ketones is 1. The van der Waals surface area contributed by atoms with E-state index >= 15 is 0 Å². The fourth-order valence-electron chi connectivity index (χ4n) is 1.48. The number of amides is 2. The van der Waals surface area contributed by atoms with Crippen LogP contribution in [0, 0.1) is 0 Å². The molecule has 8 nitrogen and oxygen atoms in total. The van der Waals surface area contributed by atoms with Crippen LogP contribution in [0.2, 0.25) is 0 Å². The van der Waals surface area contributed by atoms with Gasteiger partial charge in [-0.2, -0.15) is 0 Å². The van der Waals surface area contributed by atoms with Gasteiger partial charge in [-0.1, -0.05) is 0 Å². The summed E-state index contributed by atoms with van der Waals surface area (Å²) >= 11 is 0. The Bertz CT molecular complexity index is 417. The van der Waals surface area contributed by atoms with E-state index in [-0.39, 0.29) is 31.8 Å². The molecule has 0 aliphatic carbocycles. The van der Waals surface area contributed by atoms with E-state index in [0.29, 0.717) is 5.06 Å². The van der Waals surface area contributed by atoms with Gasteiger partial charge >= 0.3 is 5.97 Å². The molecule has 126 valence electrons. The van der Waals surface area contributed by atoms with E-state index in [4.69, 9.17) is 9.47 Å². The quantitative estimate of drug-likeness (QED) is 0.486. The van der Waals surface area contributed by atoms with E-state index in [0.717, 1.165) is 13.8 Å². The van der Waals surface area contributed by atoms with Crippen LogP contribution in [-0.4, -0.2) is 48.1 Å². The smallest absolute Gasteiger partial charge is 0.333 e. The van der Waals surface area contributed by atoms with Crippen molar-refractivity contribution in [3.05, 3.63) is 0 Å². The highest BCUT2D eigenvalue weighted by atomic mass is 16.7. The Morgan fingerprint density at radius 3 is 2.00 bits per heavy atom. The lowest BCUT2D eigenvalue weighted by atomic mass is 9.98. The number of imide groups is 1. The molecule has 0 aliphatic rings. The van der Waals surface area contributed by atoms with Crippen LogP contribution in [0.5, 0.6) is 0 Å². The minimum Gasteiger partial charge on any atom is -0.359 e. The van der Waals surface area contributed by atoms with Crippen LogP contribution in [0.15, 0.2) is 0 Å². The van der Waals surface area contributed by atoms with Crippen LogP contribution < -0.4 is 0 Å². The number of Topliss-reactive ketones (excluding diaryl/α,β-unsaturated/α-hetero) is 1. The zero-order valence-corrected chi connectivity index (χ0v) is 13.6. The SMILES string of the molecule is COCOC(C)(C)C(=O)CCCC(=O)ON(C(C)=O)C(C)=O. The number of nitrogens with zero attached hydrogens (tertiary/aromatic N) is 1. The summed E-state index contributed by atoms with van der Waals surface area (Å²) in [6, 6.07) is 0. The Balaban J connectivity index is 4.24. The van der Waals surface area contributed by atoms with E-state index in [1.165, 1.54) is 7.11 Å². The first kappa shape index (κ1) is 20.2. The van der Waals surface area contributed by atoms with Crippen LogP contribution in [0.25, 0.3) is 0 Å². The van der Waals surface area contributed by atoms with Gasteiger partial charge in [0.1, 0.15) is 12.4 Å². The summed E-state index contributed by atoms with van der Waals surface area (Å²) in [5.41, 5.74) is -1.01. The first-order valence-electron chi connectivity index (χ1n) is 6.80. The third kappa shape index (κ3) is 7.28. The summed E-state index contributed by atoms with van der Waals surface area (Å²) in [5, 5.41) is 0.385.